The van der Waals surface area contributed by atoms with E-state index in [4.69, 9.17) is 4.74 Å². The van der Waals surface area contributed by atoms with Gasteiger partial charge in [-0.15, -0.1) is 0 Å². The number of rotatable bonds is 13. The molecule has 0 aliphatic heterocycles. The van der Waals surface area contributed by atoms with Crippen LogP contribution in [0.1, 0.15) is 48.1 Å². The van der Waals surface area contributed by atoms with Gasteiger partial charge in [0.1, 0.15) is 11.5 Å². The minimum Gasteiger partial charge on any atom is -0.506 e. The molecule has 3 aromatic carbocycles. The first-order valence-corrected chi connectivity index (χ1v) is 12.9. The molecule has 0 aliphatic rings. The summed E-state index contributed by atoms with van der Waals surface area (Å²) < 4.78 is 5.92. The molecule has 0 radical (unpaired) electrons. The van der Waals surface area contributed by atoms with Crippen molar-refractivity contribution in [3.05, 3.63) is 106 Å². The summed E-state index contributed by atoms with van der Waals surface area (Å²) in [6, 6.07) is 22.5. The fourth-order valence-electron chi connectivity index (χ4n) is 4.53. The number of amides is 1. The number of pyridine rings is 1. The van der Waals surface area contributed by atoms with E-state index >= 15 is 0 Å². The molecule has 0 aliphatic carbocycles. The number of phenolic OH excluding ortho intramolecular Hbond substituents is 1. The van der Waals surface area contributed by atoms with Crippen LogP contribution in [0, 0.1) is 0 Å². The lowest BCUT2D eigenvalue weighted by Gasteiger charge is -2.19. The number of hydrogen-bond acceptors (Lipinski definition) is 6. The van der Waals surface area contributed by atoms with E-state index in [1.807, 2.05) is 54.6 Å². The molecule has 6 N–H and O–H groups in total. The van der Waals surface area contributed by atoms with Crippen molar-refractivity contribution in [2.75, 3.05) is 19.7 Å². The molecule has 0 spiro atoms. The first kappa shape index (κ1) is 27.7. The van der Waals surface area contributed by atoms with Crippen LogP contribution < -0.4 is 20.9 Å². The molecule has 204 valence electrons. The summed E-state index contributed by atoms with van der Waals surface area (Å²) in [6.07, 6.45) is 0.798. The molecule has 39 heavy (non-hydrogen) atoms. The zero-order valence-corrected chi connectivity index (χ0v) is 21.5. The second-order valence-electron chi connectivity index (χ2n) is 9.28. The molecular formula is C30H33N3O6. The lowest BCUT2D eigenvalue weighted by molar-refractivity contribution is 0.176. The van der Waals surface area contributed by atoms with Crippen LogP contribution in [0.2, 0.25) is 0 Å². The quantitative estimate of drug-likeness (QED) is 0.140. The molecule has 4 aromatic rings. The number of fused-ring (bicyclic) bond motifs is 1. The van der Waals surface area contributed by atoms with Gasteiger partial charge in [0.2, 0.25) is 5.56 Å². The Hall–Kier alpha value is -4.34. The third-order valence-corrected chi connectivity index (χ3v) is 6.46. The summed E-state index contributed by atoms with van der Waals surface area (Å²) in [7, 11) is 0. The molecule has 1 aromatic heterocycles. The topological polar surface area (TPSA) is 144 Å². The third-order valence-electron chi connectivity index (χ3n) is 6.46. The maximum absolute atomic E-state index is 11.6. The van der Waals surface area contributed by atoms with Gasteiger partial charge in [-0.2, -0.15) is 0 Å². The minimum absolute atomic E-state index is 0.0338. The molecule has 0 fully saturated rings. The Balaban J connectivity index is 1.20. The Kier molecular flexibility index (Phi) is 9.55. The smallest absolute Gasteiger partial charge is 0.405 e. The number of unbranched alkanes of at least 4 members (excludes halogenated alkanes) is 2. The molecule has 1 amide bonds. The predicted molar refractivity (Wildman–Crippen MR) is 149 cm³/mol. The molecule has 4 rings (SSSR count). The SMILES string of the molecule is O=C(O)NC(c1ccccc1)c1cccc(OCCCCCNC[C@@H](O)c2ccc(O)c3[nH]c(=O)ccc23)c1. The molecule has 1 unspecified atom stereocenters. The largest absolute Gasteiger partial charge is 0.506 e. The van der Waals surface area contributed by atoms with Gasteiger partial charge >= 0.3 is 6.09 Å². The Morgan fingerprint density at radius 2 is 1.72 bits per heavy atom. The van der Waals surface area contributed by atoms with Crippen LogP contribution in [0.5, 0.6) is 11.5 Å². The summed E-state index contributed by atoms with van der Waals surface area (Å²) in [5, 5.41) is 36.4. The van der Waals surface area contributed by atoms with E-state index in [0.717, 1.165) is 36.9 Å². The molecule has 2 atom stereocenters. The fourth-order valence-corrected chi connectivity index (χ4v) is 4.53. The second kappa shape index (κ2) is 13.5. The van der Waals surface area contributed by atoms with Crippen LogP contribution in [-0.4, -0.2) is 46.1 Å². The van der Waals surface area contributed by atoms with Crippen LogP contribution in [0.3, 0.4) is 0 Å². The first-order valence-electron chi connectivity index (χ1n) is 12.9. The molecule has 9 heteroatoms. The highest BCUT2D eigenvalue weighted by molar-refractivity contribution is 5.87. The van der Waals surface area contributed by atoms with E-state index in [1.54, 1.807) is 12.1 Å². The van der Waals surface area contributed by atoms with Crippen molar-refractivity contribution < 1.29 is 24.9 Å². The van der Waals surface area contributed by atoms with E-state index in [-0.39, 0.29) is 11.3 Å². The maximum Gasteiger partial charge on any atom is 0.405 e. The van der Waals surface area contributed by atoms with Crippen molar-refractivity contribution in [3.8, 4) is 11.5 Å². The zero-order valence-electron chi connectivity index (χ0n) is 21.5. The Morgan fingerprint density at radius 1 is 0.923 bits per heavy atom. The highest BCUT2D eigenvalue weighted by Crippen LogP contribution is 2.28. The van der Waals surface area contributed by atoms with E-state index in [1.165, 1.54) is 12.1 Å². The van der Waals surface area contributed by atoms with Crippen molar-refractivity contribution in [2.45, 2.75) is 31.4 Å². The van der Waals surface area contributed by atoms with E-state index in [2.05, 4.69) is 15.6 Å². The summed E-state index contributed by atoms with van der Waals surface area (Å²) in [5.74, 6) is 0.651. The van der Waals surface area contributed by atoms with Gasteiger partial charge in [-0.3, -0.25) is 4.79 Å². The van der Waals surface area contributed by atoms with Crippen LogP contribution in [0.15, 0.2) is 83.7 Å². The fraction of sp³-hybridized carbons (Fsp3) is 0.267. The highest BCUT2D eigenvalue weighted by Gasteiger charge is 2.17. The predicted octanol–water partition coefficient (Wildman–Crippen LogP) is 4.46. The van der Waals surface area contributed by atoms with Gasteiger partial charge < -0.3 is 35.7 Å². The van der Waals surface area contributed by atoms with Crippen LogP contribution in [0.25, 0.3) is 10.9 Å². The number of aromatic hydroxyl groups is 1. The van der Waals surface area contributed by atoms with Gasteiger partial charge in [0.15, 0.2) is 0 Å². The van der Waals surface area contributed by atoms with Crippen molar-refractivity contribution in [2.24, 2.45) is 0 Å². The number of nitrogens with one attached hydrogen (secondary N) is 3. The molecule has 0 saturated carbocycles. The van der Waals surface area contributed by atoms with Gasteiger partial charge in [-0.25, -0.2) is 4.79 Å². The van der Waals surface area contributed by atoms with Crippen LogP contribution in [-0.2, 0) is 0 Å². The second-order valence-corrected chi connectivity index (χ2v) is 9.28. The van der Waals surface area contributed by atoms with Crippen molar-refractivity contribution >= 4 is 17.0 Å². The number of H-pyrrole nitrogens is 1. The van der Waals surface area contributed by atoms with Crippen molar-refractivity contribution in [1.82, 2.24) is 15.6 Å². The zero-order chi connectivity index (χ0) is 27.6. The Labute approximate surface area is 226 Å². The van der Waals surface area contributed by atoms with E-state index in [9.17, 15) is 24.9 Å². The number of aromatic nitrogens is 1. The number of carbonyl (C=O) groups is 1. The summed E-state index contributed by atoms with van der Waals surface area (Å²) in [6.45, 7) is 1.60. The lowest BCUT2D eigenvalue weighted by Crippen LogP contribution is -2.27. The number of aromatic amines is 1. The average Bonchev–Trinajstić information content (AvgIpc) is 2.94. The highest BCUT2D eigenvalue weighted by atomic mass is 16.5. The summed E-state index contributed by atoms with van der Waals surface area (Å²) in [5.41, 5.74) is 2.29. The van der Waals surface area contributed by atoms with E-state index in [0.29, 0.717) is 35.4 Å². The molecule has 9 nitrogen and oxygen atoms in total. The lowest BCUT2D eigenvalue weighted by atomic mass is 9.98. The summed E-state index contributed by atoms with van der Waals surface area (Å²) >= 11 is 0. The van der Waals surface area contributed by atoms with Gasteiger partial charge in [0.25, 0.3) is 0 Å². The Bertz CT molecular complexity index is 1440. The monoisotopic (exact) mass is 531 g/mol. The van der Waals surface area contributed by atoms with E-state index < -0.39 is 18.2 Å². The maximum atomic E-state index is 11.6. The number of benzene rings is 3. The van der Waals surface area contributed by atoms with Gasteiger partial charge in [0, 0.05) is 18.0 Å². The Morgan fingerprint density at radius 3 is 2.51 bits per heavy atom. The number of phenols is 1. The average molecular weight is 532 g/mol. The minimum atomic E-state index is -1.09. The molecular weight excluding hydrogens is 498 g/mol. The van der Waals surface area contributed by atoms with Crippen molar-refractivity contribution in [1.29, 1.82) is 0 Å². The molecule has 1 heterocycles. The summed E-state index contributed by atoms with van der Waals surface area (Å²) in [4.78, 5) is 25.5. The number of aliphatic hydroxyl groups is 1. The normalized spacial score (nSPS) is 12.6. The van der Waals surface area contributed by atoms with Gasteiger partial charge in [-0.05, 0) is 66.8 Å². The number of ether oxygens (including phenoxy) is 1. The van der Waals surface area contributed by atoms with Crippen LogP contribution in [0.4, 0.5) is 4.79 Å². The van der Waals surface area contributed by atoms with Crippen molar-refractivity contribution in [3.63, 3.8) is 0 Å². The molecule has 0 saturated heterocycles. The standard InChI is InChI=1S/C30H33N3O6/c34-25-14-12-23(24-13-15-27(36)32-29(24)25)26(35)19-31-16-5-2-6-17-39-22-11-7-10-21(18-22)28(33-30(37)38)20-8-3-1-4-9-20/h1,3-4,7-15,18,26,28,31,33-35H,2,5-6,16-17,19H2,(H,32,36)(H,37,38)/t26-,28?/m1/s1. The molecule has 0 bridgehead atoms. The number of carboxylic acid groups (broad SMARTS) is 1. The number of aliphatic hydroxyl groups excluding tert-OH is 1. The number of hydrogen-bond donors (Lipinski definition) is 6. The van der Waals surface area contributed by atoms with Gasteiger partial charge in [-0.1, -0.05) is 48.5 Å². The first-order chi connectivity index (χ1) is 18.9. The van der Waals surface area contributed by atoms with Gasteiger partial charge in [0.05, 0.1) is 24.3 Å². The van der Waals surface area contributed by atoms with Crippen LogP contribution >= 0.6 is 0 Å². The third kappa shape index (κ3) is 7.59.